The maximum Gasteiger partial charge on any atom is 0.0483 e. The quantitative estimate of drug-likeness (QED) is 0.651. The molecule has 2 aliphatic heterocycles. The molecular formula is C14H16N2. The van der Waals surface area contributed by atoms with Crippen LogP contribution in [0.25, 0.3) is 10.9 Å². The molecule has 0 radical (unpaired) electrons. The van der Waals surface area contributed by atoms with E-state index in [0.29, 0.717) is 0 Å². The minimum absolute atomic E-state index is 0.787. The van der Waals surface area contributed by atoms with E-state index >= 15 is 0 Å². The van der Waals surface area contributed by atoms with Crippen LogP contribution in [0.2, 0.25) is 0 Å². The van der Waals surface area contributed by atoms with Gasteiger partial charge in [0, 0.05) is 42.7 Å². The van der Waals surface area contributed by atoms with Gasteiger partial charge in [-0.25, -0.2) is 0 Å². The van der Waals surface area contributed by atoms with Crippen LogP contribution in [0.4, 0.5) is 0 Å². The molecule has 0 N–H and O–H groups in total. The Morgan fingerprint density at radius 2 is 2.12 bits per heavy atom. The molecule has 2 heteroatoms. The molecule has 2 bridgehead atoms. The fourth-order valence-electron chi connectivity index (χ4n) is 3.55. The molecule has 0 aliphatic carbocycles. The first-order valence-electron chi connectivity index (χ1n) is 6.13. The van der Waals surface area contributed by atoms with Crippen molar-refractivity contribution in [1.82, 2.24) is 9.47 Å². The zero-order chi connectivity index (χ0) is 10.7. The summed E-state index contributed by atoms with van der Waals surface area (Å²) in [5.41, 5.74) is 4.60. The van der Waals surface area contributed by atoms with Gasteiger partial charge in [0.2, 0.25) is 0 Å². The number of benzene rings is 1. The van der Waals surface area contributed by atoms with Crippen LogP contribution in [-0.2, 0) is 13.6 Å². The van der Waals surface area contributed by atoms with E-state index in [9.17, 15) is 0 Å². The molecule has 2 nitrogen and oxygen atoms in total. The zero-order valence-corrected chi connectivity index (χ0v) is 9.61. The predicted octanol–water partition coefficient (Wildman–Crippen LogP) is 2.48. The molecule has 0 saturated carbocycles. The van der Waals surface area contributed by atoms with Crippen molar-refractivity contribution in [2.45, 2.75) is 18.9 Å². The minimum atomic E-state index is 0.787. The van der Waals surface area contributed by atoms with Gasteiger partial charge in [0.1, 0.15) is 0 Å². The van der Waals surface area contributed by atoms with Crippen LogP contribution in [0.3, 0.4) is 0 Å². The van der Waals surface area contributed by atoms with E-state index in [1.165, 1.54) is 30.4 Å². The first kappa shape index (κ1) is 8.82. The molecule has 16 heavy (non-hydrogen) atoms. The lowest BCUT2D eigenvalue weighted by atomic mass is 9.93. The second-order valence-corrected chi connectivity index (χ2v) is 5.16. The summed E-state index contributed by atoms with van der Waals surface area (Å²) in [5.74, 6) is 0.787. The zero-order valence-electron chi connectivity index (χ0n) is 9.61. The Balaban J connectivity index is 2.10. The van der Waals surface area contributed by atoms with Crippen LogP contribution >= 0.6 is 0 Å². The van der Waals surface area contributed by atoms with Gasteiger partial charge in [0.15, 0.2) is 0 Å². The molecule has 0 amide bonds. The summed E-state index contributed by atoms with van der Waals surface area (Å²) in [6.07, 6.45) is 1.35. The summed E-state index contributed by atoms with van der Waals surface area (Å²) >= 11 is 0. The third kappa shape index (κ3) is 0.957. The van der Waals surface area contributed by atoms with E-state index in [1.54, 1.807) is 11.3 Å². The number of fused-ring (bicyclic) bond motifs is 6. The molecule has 1 aromatic carbocycles. The fourth-order valence-corrected chi connectivity index (χ4v) is 3.55. The average molecular weight is 212 g/mol. The van der Waals surface area contributed by atoms with Crippen LogP contribution in [0.15, 0.2) is 24.3 Å². The van der Waals surface area contributed by atoms with E-state index < -0.39 is 0 Å². The van der Waals surface area contributed by atoms with E-state index in [-0.39, 0.29) is 0 Å². The first-order chi connectivity index (χ1) is 7.84. The summed E-state index contributed by atoms with van der Waals surface area (Å²) in [6, 6.07) is 8.86. The van der Waals surface area contributed by atoms with Gasteiger partial charge in [-0.15, -0.1) is 0 Å². The third-order valence-corrected chi connectivity index (χ3v) is 4.33. The van der Waals surface area contributed by atoms with E-state index in [4.69, 9.17) is 0 Å². The molecule has 1 fully saturated rings. The maximum atomic E-state index is 2.59. The smallest absolute Gasteiger partial charge is 0.0483 e. The second-order valence-electron chi connectivity index (χ2n) is 5.16. The van der Waals surface area contributed by atoms with Gasteiger partial charge in [-0.2, -0.15) is 0 Å². The second kappa shape index (κ2) is 2.89. The van der Waals surface area contributed by atoms with Crippen LogP contribution in [0.1, 0.15) is 23.6 Å². The molecule has 2 aromatic rings. The van der Waals surface area contributed by atoms with Gasteiger partial charge in [0.05, 0.1) is 0 Å². The Morgan fingerprint density at radius 3 is 3.06 bits per heavy atom. The van der Waals surface area contributed by atoms with Gasteiger partial charge < -0.3 is 4.57 Å². The lowest BCUT2D eigenvalue weighted by Crippen LogP contribution is -2.25. The summed E-state index contributed by atoms with van der Waals surface area (Å²) in [7, 11) is 2.22. The number of aryl methyl sites for hydroxylation is 1. The Hall–Kier alpha value is -1.28. The normalized spacial score (nSPS) is 27.3. The highest BCUT2D eigenvalue weighted by Crippen LogP contribution is 2.41. The molecular weight excluding hydrogens is 196 g/mol. The highest BCUT2D eigenvalue weighted by Gasteiger charge is 2.34. The monoisotopic (exact) mass is 212 g/mol. The van der Waals surface area contributed by atoms with Gasteiger partial charge >= 0.3 is 0 Å². The van der Waals surface area contributed by atoms with Crippen molar-refractivity contribution < 1.29 is 0 Å². The number of hydrogen-bond donors (Lipinski definition) is 0. The van der Waals surface area contributed by atoms with Gasteiger partial charge in [-0.1, -0.05) is 18.2 Å². The van der Waals surface area contributed by atoms with Crippen molar-refractivity contribution >= 4 is 10.9 Å². The molecule has 1 saturated heterocycles. The van der Waals surface area contributed by atoms with Gasteiger partial charge in [-0.3, -0.25) is 4.90 Å². The van der Waals surface area contributed by atoms with Crippen molar-refractivity contribution in [1.29, 1.82) is 0 Å². The predicted molar refractivity (Wildman–Crippen MR) is 65.6 cm³/mol. The van der Waals surface area contributed by atoms with Crippen molar-refractivity contribution in [3.05, 3.63) is 35.5 Å². The van der Waals surface area contributed by atoms with Crippen LogP contribution in [0.5, 0.6) is 0 Å². The molecule has 1 aromatic heterocycles. The largest absolute Gasteiger partial charge is 0.346 e. The molecule has 2 aliphatic rings. The number of rotatable bonds is 0. The highest BCUT2D eigenvalue weighted by atomic mass is 15.2. The Bertz CT molecular complexity index is 567. The minimum Gasteiger partial charge on any atom is -0.346 e. The van der Waals surface area contributed by atoms with Crippen molar-refractivity contribution in [2.24, 2.45) is 7.05 Å². The molecule has 4 rings (SSSR count). The molecule has 2 atom stereocenters. The highest BCUT2D eigenvalue weighted by molar-refractivity contribution is 5.86. The number of hydrogen-bond acceptors (Lipinski definition) is 1. The summed E-state index contributed by atoms with van der Waals surface area (Å²) < 4.78 is 2.40. The van der Waals surface area contributed by atoms with Gasteiger partial charge in [-0.05, 0) is 24.6 Å². The van der Waals surface area contributed by atoms with E-state index in [2.05, 4.69) is 40.8 Å². The number of aromatic nitrogens is 1. The van der Waals surface area contributed by atoms with Crippen molar-refractivity contribution in [3.63, 3.8) is 0 Å². The SMILES string of the molecule is Cn1c2c(c3ccccc31)C1CCN(C2)C1. The van der Waals surface area contributed by atoms with Crippen LogP contribution in [0, 0.1) is 0 Å². The van der Waals surface area contributed by atoms with E-state index in [1.807, 2.05) is 0 Å². The third-order valence-electron chi connectivity index (χ3n) is 4.33. The molecule has 82 valence electrons. The van der Waals surface area contributed by atoms with Crippen LogP contribution in [-0.4, -0.2) is 22.6 Å². The van der Waals surface area contributed by atoms with Crippen molar-refractivity contribution in [3.8, 4) is 0 Å². The summed E-state index contributed by atoms with van der Waals surface area (Å²) in [4.78, 5) is 2.59. The maximum absolute atomic E-state index is 2.59. The first-order valence-corrected chi connectivity index (χ1v) is 6.13. The lowest BCUT2D eigenvalue weighted by Gasteiger charge is -2.23. The molecule has 3 heterocycles. The summed E-state index contributed by atoms with van der Waals surface area (Å²) in [6.45, 7) is 3.71. The standard InChI is InChI=1S/C14H16N2/c1-15-12-5-3-2-4-11(12)14-10-6-7-16(8-10)9-13(14)15/h2-5,10H,6-9H2,1H3. The van der Waals surface area contributed by atoms with Gasteiger partial charge in [0.25, 0.3) is 0 Å². The van der Waals surface area contributed by atoms with E-state index in [0.717, 1.165) is 12.5 Å². The Kier molecular flexibility index (Phi) is 1.59. The Morgan fingerprint density at radius 1 is 1.25 bits per heavy atom. The number of para-hydroxylation sites is 1. The molecule has 2 unspecified atom stereocenters. The molecule has 0 spiro atoms. The lowest BCUT2D eigenvalue weighted by molar-refractivity contribution is 0.306. The van der Waals surface area contributed by atoms with Crippen molar-refractivity contribution in [2.75, 3.05) is 13.1 Å². The Labute approximate surface area is 95.5 Å². The topological polar surface area (TPSA) is 8.17 Å². The average Bonchev–Trinajstić information content (AvgIpc) is 2.82. The fraction of sp³-hybridized carbons (Fsp3) is 0.429. The number of nitrogens with zero attached hydrogens (tertiary/aromatic N) is 2. The summed E-state index contributed by atoms with van der Waals surface area (Å²) in [5, 5.41) is 1.49. The van der Waals surface area contributed by atoms with Crippen LogP contribution < -0.4 is 0 Å².